The molecular formula is C28H25Cl2N3O6S. The maximum absolute atomic E-state index is 13.7. The summed E-state index contributed by atoms with van der Waals surface area (Å²) in [6.45, 7) is 1.33. The van der Waals surface area contributed by atoms with Gasteiger partial charge < -0.3 is 13.9 Å². The number of hydrogen-bond acceptors (Lipinski definition) is 7. The highest BCUT2D eigenvalue weighted by Gasteiger charge is 2.28. The first-order valence-corrected chi connectivity index (χ1v) is 14.0. The van der Waals surface area contributed by atoms with E-state index < -0.39 is 22.5 Å². The van der Waals surface area contributed by atoms with Gasteiger partial charge in [0.25, 0.3) is 15.9 Å². The predicted molar refractivity (Wildman–Crippen MR) is 155 cm³/mol. The Balaban J connectivity index is 1.54. The molecule has 0 spiro atoms. The molecule has 0 radical (unpaired) electrons. The van der Waals surface area contributed by atoms with Crippen LogP contribution in [0.4, 0.5) is 5.69 Å². The molecule has 1 N–H and O–H groups in total. The number of rotatable bonds is 10. The second-order valence-electron chi connectivity index (χ2n) is 8.46. The van der Waals surface area contributed by atoms with E-state index in [1.54, 1.807) is 54.6 Å². The number of sulfonamides is 1. The van der Waals surface area contributed by atoms with Crippen molar-refractivity contribution in [3.05, 3.63) is 94.2 Å². The maximum atomic E-state index is 13.7. The van der Waals surface area contributed by atoms with Gasteiger partial charge in [-0.05, 0) is 55.5 Å². The number of benzene rings is 3. The molecule has 4 rings (SSSR count). The largest absolute Gasteiger partial charge is 0.493 e. The third-order valence-electron chi connectivity index (χ3n) is 5.78. The van der Waals surface area contributed by atoms with Crippen LogP contribution in [0.1, 0.15) is 11.3 Å². The van der Waals surface area contributed by atoms with Gasteiger partial charge in [-0.1, -0.05) is 47.0 Å². The van der Waals surface area contributed by atoms with Crippen LogP contribution in [-0.2, 0) is 14.8 Å². The van der Waals surface area contributed by atoms with Gasteiger partial charge in [0.2, 0.25) is 0 Å². The number of hydrazone groups is 1. The third-order valence-corrected chi connectivity index (χ3v) is 8.37. The third kappa shape index (κ3) is 6.41. The van der Waals surface area contributed by atoms with E-state index in [1.165, 1.54) is 38.6 Å². The first-order valence-electron chi connectivity index (χ1n) is 11.8. The predicted octanol–water partition coefficient (Wildman–Crippen LogP) is 5.92. The number of amides is 1. The van der Waals surface area contributed by atoms with Crippen LogP contribution in [0.15, 0.2) is 87.2 Å². The quantitative estimate of drug-likeness (QED) is 0.178. The fourth-order valence-corrected chi connectivity index (χ4v) is 5.56. The van der Waals surface area contributed by atoms with Crippen LogP contribution in [0.25, 0.3) is 11.3 Å². The Morgan fingerprint density at radius 2 is 1.73 bits per heavy atom. The van der Waals surface area contributed by atoms with E-state index >= 15 is 0 Å². The van der Waals surface area contributed by atoms with Gasteiger partial charge in [-0.3, -0.25) is 9.10 Å². The van der Waals surface area contributed by atoms with Crippen molar-refractivity contribution >= 4 is 51.0 Å². The van der Waals surface area contributed by atoms with Gasteiger partial charge in [0.1, 0.15) is 18.1 Å². The minimum atomic E-state index is -4.19. The van der Waals surface area contributed by atoms with Gasteiger partial charge >= 0.3 is 0 Å². The van der Waals surface area contributed by atoms with Crippen LogP contribution < -0.4 is 19.2 Å². The van der Waals surface area contributed by atoms with Crippen LogP contribution in [0, 0.1) is 6.92 Å². The standard InChI is InChI=1S/C28H25Cl2N3O6S/c1-18-7-9-19(10-8-18)33(40(35,36)21-12-14-25(37-2)26(15-21)38-3)17-27(34)32-31-16-20-11-13-24(39-20)22-5-4-6-23(29)28(22)30/h4-16H,17H2,1-3H3,(H,32,34)/b31-16-. The zero-order valence-corrected chi connectivity index (χ0v) is 24.0. The van der Waals surface area contributed by atoms with Crippen LogP contribution in [-0.4, -0.2) is 41.3 Å². The molecule has 0 saturated carbocycles. The van der Waals surface area contributed by atoms with Crippen LogP contribution in [0.2, 0.25) is 10.0 Å². The Morgan fingerprint density at radius 3 is 2.42 bits per heavy atom. The molecule has 0 fully saturated rings. The van der Waals surface area contributed by atoms with E-state index in [4.69, 9.17) is 37.1 Å². The Bertz CT molecular complexity index is 1650. The van der Waals surface area contributed by atoms with Gasteiger partial charge in [0.05, 0.1) is 41.1 Å². The van der Waals surface area contributed by atoms with Gasteiger partial charge in [-0.15, -0.1) is 0 Å². The average Bonchev–Trinajstić information content (AvgIpc) is 3.42. The van der Waals surface area contributed by atoms with Crippen molar-refractivity contribution in [2.24, 2.45) is 5.10 Å². The molecule has 9 nitrogen and oxygen atoms in total. The number of carbonyl (C=O) groups excluding carboxylic acids is 1. The molecule has 12 heteroatoms. The van der Waals surface area contributed by atoms with Gasteiger partial charge in [-0.2, -0.15) is 5.10 Å². The summed E-state index contributed by atoms with van der Waals surface area (Å²) in [6, 6.07) is 19.5. The number of furan rings is 1. The first-order chi connectivity index (χ1) is 19.1. The van der Waals surface area contributed by atoms with E-state index in [1.807, 2.05) is 6.92 Å². The number of halogens is 2. The smallest absolute Gasteiger partial charge is 0.264 e. The number of nitrogens with zero attached hydrogens (tertiary/aromatic N) is 2. The topological polar surface area (TPSA) is 110 Å². The van der Waals surface area contributed by atoms with Crippen molar-refractivity contribution in [1.82, 2.24) is 5.43 Å². The summed E-state index contributed by atoms with van der Waals surface area (Å²) in [4.78, 5) is 12.8. The van der Waals surface area contributed by atoms with Crippen molar-refractivity contribution in [3.63, 3.8) is 0 Å². The summed E-state index contributed by atoms with van der Waals surface area (Å²) in [5.74, 6) is 0.726. The summed E-state index contributed by atoms with van der Waals surface area (Å²) >= 11 is 12.3. The minimum Gasteiger partial charge on any atom is -0.493 e. The second kappa shape index (κ2) is 12.5. The molecule has 208 valence electrons. The molecule has 0 unspecified atom stereocenters. The molecule has 1 heterocycles. The Kier molecular flexibility index (Phi) is 9.03. The summed E-state index contributed by atoms with van der Waals surface area (Å²) in [7, 11) is -1.33. The van der Waals surface area contributed by atoms with Crippen LogP contribution in [0.3, 0.4) is 0 Å². The highest BCUT2D eigenvalue weighted by molar-refractivity contribution is 7.92. The number of methoxy groups -OCH3 is 2. The zero-order chi connectivity index (χ0) is 28.9. The van der Waals surface area contributed by atoms with Crippen molar-refractivity contribution in [2.45, 2.75) is 11.8 Å². The SMILES string of the molecule is COc1ccc(S(=O)(=O)N(CC(=O)N/N=C\c2ccc(-c3cccc(Cl)c3Cl)o2)c2ccc(C)cc2)cc1OC. The summed E-state index contributed by atoms with van der Waals surface area (Å²) in [5, 5.41) is 4.66. The van der Waals surface area contributed by atoms with Crippen molar-refractivity contribution in [1.29, 1.82) is 0 Å². The fourth-order valence-electron chi connectivity index (χ4n) is 3.73. The number of ether oxygens (including phenoxy) is 2. The van der Waals surface area contributed by atoms with Crippen molar-refractivity contribution < 1.29 is 27.1 Å². The summed E-state index contributed by atoms with van der Waals surface area (Å²) < 4.78 is 44.6. The number of anilines is 1. The highest BCUT2D eigenvalue weighted by Crippen LogP contribution is 2.34. The Labute approximate surface area is 242 Å². The lowest BCUT2D eigenvalue weighted by Crippen LogP contribution is -2.39. The molecule has 0 bridgehead atoms. The van der Waals surface area contributed by atoms with E-state index in [0.29, 0.717) is 38.6 Å². The molecular weight excluding hydrogens is 577 g/mol. The molecule has 1 amide bonds. The highest BCUT2D eigenvalue weighted by atomic mass is 35.5. The molecule has 0 aliphatic carbocycles. The lowest BCUT2D eigenvalue weighted by molar-refractivity contribution is -0.119. The second-order valence-corrected chi connectivity index (χ2v) is 11.1. The molecule has 4 aromatic rings. The molecule has 3 aromatic carbocycles. The van der Waals surface area contributed by atoms with E-state index in [-0.39, 0.29) is 10.6 Å². The Morgan fingerprint density at radius 1 is 1.00 bits per heavy atom. The number of nitrogens with one attached hydrogen (secondary N) is 1. The summed E-state index contributed by atoms with van der Waals surface area (Å²) in [5.41, 5.74) is 4.18. The molecule has 0 aliphatic rings. The normalized spacial score (nSPS) is 11.4. The van der Waals surface area contributed by atoms with E-state index in [0.717, 1.165) is 9.87 Å². The Hall–Kier alpha value is -3.99. The van der Waals surface area contributed by atoms with Crippen LogP contribution >= 0.6 is 23.2 Å². The number of hydrogen-bond donors (Lipinski definition) is 1. The minimum absolute atomic E-state index is 0.0789. The van der Waals surface area contributed by atoms with Crippen molar-refractivity contribution in [3.8, 4) is 22.8 Å². The maximum Gasteiger partial charge on any atom is 0.264 e. The fraction of sp³-hybridized carbons (Fsp3) is 0.143. The van der Waals surface area contributed by atoms with Crippen LogP contribution in [0.5, 0.6) is 11.5 Å². The number of carbonyl (C=O) groups is 1. The van der Waals surface area contributed by atoms with E-state index in [2.05, 4.69) is 10.5 Å². The monoisotopic (exact) mass is 601 g/mol. The van der Waals surface area contributed by atoms with Gasteiger partial charge in [0, 0.05) is 11.6 Å². The first kappa shape index (κ1) is 29.0. The van der Waals surface area contributed by atoms with E-state index in [9.17, 15) is 13.2 Å². The lowest BCUT2D eigenvalue weighted by Gasteiger charge is -2.24. The van der Waals surface area contributed by atoms with Gasteiger partial charge in [-0.25, -0.2) is 13.8 Å². The molecule has 0 aliphatic heterocycles. The summed E-state index contributed by atoms with van der Waals surface area (Å²) in [6.07, 6.45) is 1.29. The van der Waals surface area contributed by atoms with Gasteiger partial charge in [0.15, 0.2) is 11.5 Å². The number of aryl methyl sites for hydroxylation is 1. The molecule has 0 saturated heterocycles. The lowest BCUT2D eigenvalue weighted by atomic mass is 10.2. The van der Waals surface area contributed by atoms with Crippen molar-refractivity contribution in [2.75, 3.05) is 25.1 Å². The average molecular weight is 602 g/mol. The molecule has 40 heavy (non-hydrogen) atoms. The molecule has 1 aromatic heterocycles. The zero-order valence-electron chi connectivity index (χ0n) is 21.7. The molecule has 0 atom stereocenters.